The molecule has 0 bridgehead atoms. The lowest BCUT2D eigenvalue weighted by Gasteiger charge is -2.26. The third kappa shape index (κ3) is 7.81. The second-order valence-electron chi connectivity index (χ2n) is 10.5. The van der Waals surface area contributed by atoms with Crippen molar-refractivity contribution < 1.29 is 32.0 Å². The summed E-state index contributed by atoms with van der Waals surface area (Å²) in [6.45, 7) is 2.69. The lowest BCUT2D eigenvalue weighted by Crippen LogP contribution is -2.43. The van der Waals surface area contributed by atoms with Gasteiger partial charge in [-0.05, 0) is 68.2 Å². The van der Waals surface area contributed by atoms with Gasteiger partial charge in [-0.1, -0.05) is 30.3 Å². The lowest BCUT2D eigenvalue weighted by atomic mass is 9.86. The smallest absolute Gasteiger partial charge is 0.325 e. The highest BCUT2D eigenvalue weighted by Crippen LogP contribution is 2.34. The van der Waals surface area contributed by atoms with Gasteiger partial charge >= 0.3 is 18.1 Å². The molecule has 40 heavy (non-hydrogen) atoms. The molecule has 1 saturated carbocycles. The number of amides is 3. The zero-order valence-electron chi connectivity index (χ0n) is 22.7. The van der Waals surface area contributed by atoms with Crippen LogP contribution >= 0.6 is 0 Å². The van der Waals surface area contributed by atoms with Gasteiger partial charge in [-0.3, -0.25) is 14.6 Å². The molecule has 0 unspecified atom stereocenters. The van der Waals surface area contributed by atoms with Gasteiger partial charge in [0, 0.05) is 30.8 Å². The zero-order valence-corrected chi connectivity index (χ0v) is 22.7. The SMILES string of the molecule is C[C@H](C(=O)Nc1cc(NC(=O)Nc2c[n+](C3CCC(CN(C)C)CC3)no2)cc(C(F)(F)F)c1)c1ccccc1. The van der Waals surface area contributed by atoms with Crippen molar-refractivity contribution in [3.63, 3.8) is 0 Å². The molecule has 0 saturated heterocycles. The molecule has 0 aliphatic heterocycles. The number of halogens is 3. The van der Waals surface area contributed by atoms with Gasteiger partial charge in [0.15, 0.2) is 6.04 Å². The predicted octanol–water partition coefficient (Wildman–Crippen LogP) is 5.66. The van der Waals surface area contributed by atoms with Crippen LogP contribution in [0.1, 0.15) is 55.7 Å². The van der Waals surface area contributed by atoms with Crippen LogP contribution in [0.4, 0.5) is 35.2 Å². The highest BCUT2D eigenvalue weighted by atomic mass is 19.4. The number of hydrogen-bond acceptors (Lipinski definition) is 5. The fourth-order valence-corrected chi connectivity index (χ4v) is 4.95. The summed E-state index contributed by atoms with van der Waals surface area (Å²) in [7, 11) is 4.12. The van der Waals surface area contributed by atoms with Crippen LogP contribution in [0.25, 0.3) is 0 Å². The number of urea groups is 1. The van der Waals surface area contributed by atoms with Crippen molar-refractivity contribution in [2.45, 2.75) is 50.7 Å². The van der Waals surface area contributed by atoms with E-state index in [1.165, 1.54) is 6.07 Å². The summed E-state index contributed by atoms with van der Waals surface area (Å²) >= 11 is 0. The highest BCUT2D eigenvalue weighted by Gasteiger charge is 2.33. The Bertz CT molecular complexity index is 1300. The molecular formula is C28H34F3N6O3+. The van der Waals surface area contributed by atoms with Crippen molar-refractivity contribution in [2.24, 2.45) is 5.92 Å². The van der Waals surface area contributed by atoms with Crippen molar-refractivity contribution >= 4 is 29.2 Å². The molecule has 1 fully saturated rings. The third-order valence-corrected chi connectivity index (χ3v) is 7.01. The molecule has 12 heteroatoms. The van der Waals surface area contributed by atoms with Gasteiger partial charge in [-0.25, -0.2) is 4.79 Å². The summed E-state index contributed by atoms with van der Waals surface area (Å²) < 4.78 is 47.7. The molecule has 3 amide bonds. The van der Waals surface area contributed by atoms with Gasteiger partial charge in [0.05, 0.1) is 11.5 Å². The van der Waals surface area contributed by atoms with E-state index in [1.807, 2.05) is 0 Å². The van der Waals surface area contributed by atoms with Gasteiger partial charge in [0.25, 0.3) is 6.20 Å². The van der Waals surface area contributed by atoms with E-state index in [4.69, 9.17) is 4.52 Å². The monoisotopic (exact) mass is 559 g/mol. The van der Waals surface area contributed by atoms with Crippen molar-refractivity contribution in [3.8, 4) is 0 Å². The van der Waals surface area contributed by atoms with E-state index in [2.05, 4.69) is 40.2 Å². The van der Waals surface area contributed by atoms with Crippen LogP contribution in [0.2, 0.25) is 0 Å². The Hall–Kier alpha value is -3.93. The Morgan fingerprint density at radius 2 is 1.68 bits per heavy atom. The molecule has 2 aromatic carbocycles. The highest BCUT2D eigenvalue weighted by molar-refractivity contribution is 6.00. The van der Waals surface area contributed by atoms with Gasteiger partial charge in [-0.15, -0.1) is 0 Å². The van der Waals surface area contributed by atoms with E-state index >= 15 is 0 Å². The fourth-order valence-electron chi connectivity index (χ4n) is 4.95. The molecule has 1 aliphatic carbocycles. The van der Waals surface area contributed by atoms with Gasteiger partial charge in [-0.2, -0.15) is 13.2 Å². The van der Waals surface area contributed by atoms with E-state index in [9.17, 15) is 22.8 Å². The number of carbonyl (C=O) groups is 2. The van der Waals surface area contributed by atoms with E-state index in [0.29, 0.717) is 5.92 Å². The molecule has 0 spiro atoms. The number of benzene rings is 2. The number of anilines is 3. The van der Waals surface area contributed by atoms with Gasteiger partial charge < -0.3 is 15.5 Å². The standard InChI is InChI=1S/C28H33F3N6O3/c1-18(20-7-5-4-6-8-20)26(38)32-22-13-21(28(29,30)31)14-23(15-22)33-27(39)34-25-17-37(35-40-25)24-11-9-19(10-12-24)16-36(2)3/h4-8,13-15,17-19,24H,9-12,16H2,1-3H3,(H2-,32,33,34,35,38,39)/p+1/t18-,19?,24?/m0/s1. The fraction of sp³-hybridized carbons (Fsp3) is 0.429. The largest absolute Gasteiger partial charge is 0.416 e. The quantitative estimate of drug-likeness (QED) is 0.309. The minimum absolute atomic E-state index is 0.0603. The van der Waals surface area contributed by atoms with Crippen molar-refractivity contribution in [1.82, 2.24) is 10.2 Å². The van der Waals surface area contributed by atoms with E-state index in [1.54, 1.807) is 48.1 Å². The topological polar surface area (TPSA) is 103 Å². The van der Waals surface area contributed by atoms with Crippen LogP contribution in [-0.4, -0.2) is 42.7 Å². The molecule has 1 aliphatic rings. The number of nitrogens with one attached hydrogen (secondary N) is 3. The molecule has 1 aromatic heterocycles. The number of rotatable bonds is 8. The second kappa shape index (κ2) is 12.5. The van der Waals surface area contributed by atoms with Crippen LogP contribution in [0.5, 0.6) is 0 Å². The van der Waals surface area contributed by atoms with E-state index in [-0.39, 0.29) is 23.3 Å². The summed E-state index contributed by atoms with van der Waals surface area (Å²) in [5, 5.41) is 11.4. The summed E-state index contributed by atoms with van der Waals surface area (Å²) in [6, 6.07) is 11.1. The maximum atomic E-state index is 13.6. The van der Waals surface area contributed by atoms with Gasteiger partial charge in [0.2, 0.25) is 11.2 Å². The third-order valence-electron chi connectivity index (χ3n) is 7.01. The Morgan fingerprint density at radius 1 is 1.02 bits per heavy atom. The van der Waals surface area contributed by atoms with Crippen LogP contribution < -0.4 is 20.6 Å². The molecule has 3 aromatic rings. The van der Waals surface area contributed by atoms with Crippen LogP contribution in [0, 0.1) is 5.92 Å². The molecule has 214 valence electrons. The maximum absolute atomic E-state index is 13.6. The molecule has 0 radical (unpaired) electrons. The summed E-state index contributed by atoms with van der Waals surface area (Å²) in [5.74, 6) is -0.393. The number of nitrogens with zero attached hydrogens (tertiary/aromatic N) is 3. The average Bonchev–Trinajstić information content (AvgIpc) is 3.36. The van der Waals surface area contributed by atoms with Gasteiger partial charge in [0.1, 0.15) is 0 Å². The lowest BCUT2D eigenvalue weighted by molar-refractivity contribution is -0.787. The Morgan fingerprint density at radius 3 is 2.30 bits per heavy atom. The summed E-state index contributed by atoms with van der Waals surface area (Å²) in [6.07, 6.45) is 0.862. The maximum Gasteiger partial charge on any atom is 0.416 e. The van der Waals surface area contributed by atoms with Crippen LogP contribution in [-0.2, 0) is 11.0 Å². The van der Waals surface area contributed by atoms with Crippen molar-refractivity contribution in [2.75, 3.05) is 36.6 Å². The molecule has 4 rings (SSSR count). The van der Waals surface area contributed by atoms with E-state index in [0.717, 1.165) is 49.9 Å². The average molecular weight is 560 g/mol. The van der Waals surface area contributed by atoms with Crippen LogP contribution in [0.3, 0.4) is 0 Å². The van der Waals surface area contributed by atoms with Crippen molar-refractivity contribution in [1.29, 1.82) is 0 Å². The molecular weight excluding hydrogens is 525 g/mol. The summed E-state index contributed by atoms with van der Waals surface area (Å²) in [5.41, 5.74) is -0.548. The number of alkyl halides is 3. The first-order valence-electron chi connectivity index (χ1n) is 13.2. The first-order chi connectivity index (χ1) is 19.0. The molecule has 3 N–H and O–H groups in total. The first kappa shape index (κ1) is 29.1. The second-order valence-corrected chi connectivity index (χ2v) is 10.5. The van der Waals surface area contributed by atoms with Crippen LogP contribution in [0.15, 0.2) is 59.3 Å². The molecule has 1 heterocycles. The zero-order chi connectivity index (χ0) is 28.9. The summed E-state index contributed by atoms with van der Waals surface area (Å²) in [4.78, 5) is 27.5. The number of hydrogen-bond donors (Lipinski definition) is 3. The number of aromatic nitrogens is 2. The first-order valence-corrected chi connectivity index (χ1v) is 13.2. The minimum atomic E-state index is -4.69. The molecule has 9 nitrogen and oxygen atoms in total. The van der Waals surface area contributed by atoms with E-state index < -0.39 is 29.6 Å². The Kier molecular flexibility index (Phi) is 9.08. The normalized spacial score (nSPS) is 18.3. The number of carbonyl (C=O) groups excluding carboxylic acids is 2. The molecule has 1 atom stereocenters. The Labute approximate surface area is 230 Å². The predicted molar refractivity (Wildman–Crippen MR) is 144 cm³/mol. The minimum Gasteiger partial charge on any atom is -0.325 e. The van der Waals surface area contributed by atoms with Crippen molar-refractivity contribution in [3.05, 3.63) is 65.9 Å². The Balaban J connectivity index is 1.40.